The number of aromatic nitrogens is 2. The van der Waals surface area contributed by atoms with Crippen molar-refractivity contribution in [3.8, 4) is 29.7 Å². The molecule has 0 aliphatic heterocycles. The molecule has 1 aromatic carbocycles. The second-order valence-electron chi connectivity index (χ2n) is 6.46. The first-order valence-electron chi connectivity index (χ1n) is 8.36. The van der Waals surface area contributed by atoms with Crippen LogP contribution < -0.4 is 5.32 Å². The van der Waals surface area contributed by atoms with E-state index in [0.29, 0.717) is 5.69 Å². The number of benzene rings is 1. The minimum Gasteiger partial charge on any atom is -0.392 e. The second kappa shape index (κ2) is 7.86. The van der Waals surface area contributed by atoms with Crippen LogP contribution in [0.15, 0.2) is 18.2 Å². The number of hydrogen-bond acceptors (Lipinski definition) is 4. The first-order chi connectivity index (χ1) is 12.3. The van der Waals surface area contributed by atoms with Gasteiger partial charge in [-0.15, -0.1) is 6.42 Å². The zero-order valence-corrected chi connectivity index (χ0v) is 15.4. The van der Waals surface area contributed by atoms with E-state index in [1.54, 1.807) is 19.1 Å². The van der Waals surface area contributed by atoms with Crippen LogP contribution in [0, 0.1) is 30.6 Å². The number of nitrogens with one attached hydrogen (secondary N) is 1. The lowest BCUT2D eigenvalue weighted by atomic mass is 10.0. The summed E-state index contributed by atoms with van der Waals surface area (Å²) in [5.41, 5.74) is 3.22. The van der Waals surface area contributed by atoms with Crippen molar-refractivity contribution in [1.82, 2.24) is 15.1 Å². The number of nitrogens with zero attached hydrogens (tertiary/aromatic N) is 3. The third kappa shape index (κ3) is 3.77. The largest absolute Gasteiger partial charge is 0.392 e. The lowest BCUT2D eigenvalue weighted by Gasteiger charge is -2.12. The lowest BCUT2D eigenvalue weighted by molar-refractivity contribution is 0.0911. The Morgan fingerprint density at radius 3 is 2.62 bits per heavy atom. The van der Waals surface area contributed by atoms with E-state index < -0.39 is 12.0 Å². The Morgan fingerprint density at radius 1 is 1.42 bits per heavy atom. The topological polar surface area (TPSA) is 90.9 Å². The van der Waals surface area contributed by atoms with E-state index in [4.69, 9.17) is 6.42 Å². The summed E-state index contributed by atoms with van der Waals surface area (Å²) >= 11 is 0. The molecule has 26 heavy (non-hydrogen) atoms. The number of hydrogen-bond donors (Lipinski definition) is 2. The minimum atomic E-state index is -0.682. The zero-order chi connectivity index (χ0) is 19.4. The molecule has 1 amide bonds. The van der Waals surface area contributed by atoms with Crippen LogP contribution in [0.1, 0.15) is 54.0 Å². The van der Waals surface area contributed by atoms with Crippen molar-refractivity contribution in [3.05, 3.63) is 40.6 Å². The molecule has 0 saturated carbocycles. The van der Waals surface area contributed by atoms with E-state index in [-0.39, 0.29) is 23.8 Å². The number of carbonyl (C=O) groups excluding carboxylic acids is 1. The molecule has 0 radical (unpaired) electrons. The van der Waals surface area contributed by atoms with Gasteiger partial charge in [-0.25, -0.2) is 0 Å². The molecule has 6 heteroatoms. The van der Waals surface area contributed by atoms with Gasteiger partial charge in [0, 0.05) is 23.7 Å². The molecule has 2 aromatic rings. The maximum Gasteiger partial charge on any atom is 0.271 e. The molecular weight excluding hydrogens is 328 g/mol. The van der Waals surface area contributed by atoms with Gasteiger partial charge in [-0.1, -0.05) is 12.0 Å². The van der Waals surface area contributed by atoms with Gasteiger partial charge in [0.2, 0.25) is 0 Å². The Labute approximate surface area is 153 Å². The smallest absolute Gasteiger partial charge is 0.271 e. The highest BCUT2D eigenvalue weighted by Gasteiger charge is 2.26. The fraction of sp³-hybridized carbons (Fsp3) is 0.350. The molecule has 1 atom stereocenters. The van der Waals surface area contributed by atoms with E-state index >= 15 is 0 Å². The Bertz CT molecular complexity index is 911. The Balaban J connectivity index is 2.61. The van der Waals surface area contributed by atoms with Crippen LogP contribution in [-0.2, 0) is 0 Å². The van der Waals surface area contributed by atoms with Crippen molar-refractivity contribution in [2.24, 2.45) is 0 Å². The van der Waals surface area contributed by atoms with Crippen LogP contribution in [0.4, 0.5) is 0 Å². The van der Waals surface area contributed by atoms with E-state index in [1.807, 2.05) is 26.8 Å². The van der Waals surface area contributed by atoms with Crippen molar-refractivity contribution in [3.63, 3.8) is 0 Å². The van der Waals surface area contributed by atoms with Crippen LogP contribution in [0.25, 0.3) is 11.3 Å². The van der Waals surface area contributed by atoms with E-state index in [2.05, 4.69) is 22.4 Å². The third-order valence-electron chi connectivity index (χ3n) is 3.94. The molecule has 0 bridgehead atoms. The maximum atomic E-state index is 12.6. The van der Waals surface area contributed by atoms with Crippen molar-refractivity contribution < 1.29 is 9.90 Å². The first-order valence-corrected chi connectivity index (χ1v) is 8.36. The molecule has 0 saturated heterocycles. The molecular formula is C20H22N4O2. The Kier molecular flexibility index (Phi) is 5.82. The van der Waals surface area contributed by atoms with Crippen molar-refractivity contribution in [2.75, 3.05) is 6.54 Å². The van der Waals surface area contributed by atoms with Crippen LogP contribution in [0.5, 0.6) is 0 Å². The molecule has 0 unspecified atom stereocenters. The molecule has 134 valence electrons. The van der Waals surface area contributed by atoms with Crippen molar-refractivity contribution >= 4 is 5.91 Å². The summed E-state index contributed by atoms with van der Waals surface area (Å²) < 4.78 is 1.54. The minimum absolute atomic E-state index is 0.0955. The summed E-state index contributed by atoms with van der Waals surface area (Å²) in [5.74, 6) is 2.17. The zero-order valence-electron chi connectivity index (χ0n) is 15.4. The molecule has 1 heterocycles. The predicted octanol–water partition coefficient (Wildman–Crippen LogP) is 2.40. The molecule has 0 fully saturated rings. The summed E-state index contributed by atoms with van der Waals surface area (Å²) in [6.45, 7) is 7.33. The molecule has 0 aliphatic rings. The quantitative estimate of drug-likeness (QED) is 0.810. The van der Waals surface area contributed by atoms with Gasteiger partial charge < -0.3 is 10.4 Å². The molecule has 6 nitrogen and oxygen atoms in total. The number of nitriles is 1. The average molecular weight is 350 g/mol. The van der Waals surface area contributed by atoms with Crippen molar-refractivity contribution in [1.29, 1.82) is 5.26 Å². The normalized spacial score (nSPS) is 11.7. The predicted molar refractivity (Wildman–Crippen MR) is 99.4 cm³/mol. The van der Waals surface area contributed by atoms with Crippen molar-refractivity contribution in [2.45, 2.75) is 39.8 Å². The SMILES string of the molecule is C#Cc1ccc(-c2nn(C(C)C)c(C(=O)NC[C@@H](C)O)c2C#N)cc1C. The third-order valence-corrected chi connectivity index (χ3v) is 3.94. The summed E-state index contributed by atoms with van der Waals surface area (Å²) in [5, 5.41) is 26.2. The molecule has 2 rings (SSSR count). The van der Waals surface area contributed by atoms with Crippen LogP contribution in [0.2, 0.25) is 0 Å². The van der Waals surface area contributed by atoms with Gasteiger partial charge in [-0.2, -0.15) is 10.4 Å². The van der Waals surface area contributed by atoms with Gasteiger partial charge in [0.25, 0.3) is 5.91 Å². The number of aliphatic hydroxyl groups excluding tert-OH is 1. The van der Waals surface area contributed by atoms with Gasteiger partial charge in [-0.3, -0.25) is 9.48 Å². The summed E-state index contributed by atoms with van der Waals surface area (Å²) in [7, 11) is 0. The average Bonchev–Trinajstić information content (AvgIpc) is 2.99. The van der Waals surface area contributed by atoms with Crippen LogP contribution in [-0.4, -0.2) is 33.4 Å². The molecule has 2 N–H and O–H groups in total. The first kappa shape index (κ1) is 19.2. The van der Waals surface area contributed by atoms with Gasteiger partial charge >= 0.3 is 0 Å². The highest BCUT2D eigenvalue weighted by atomic mass is 16.3. The van der Waals surface area contributed by atoms with E-state index in [1.165, 1.54) is 4.68 Å². The fourth-order valence-corrected chi connectivity index (χ4v) is 2.63. The van der Waals surface area contributed by atoms with Gasteiger partial charge in [-0.05, 0) is 45.4 Å². The Hall–Kier alpha value is -3.09. The lowest BCUT2D eigenvalue weighted by Crippen LogP contribution is -2.33. The molecule has 0 spiro atoms. The second-order valence-corrected chi connectivity index (χ2v) is 6.46. The van der Waals surface area contributed by atoms with Crippen LogP contribution in [0.3, 0.4) is 0 Å². The van der Waals surface area contributed by atoms with E-state index in [0.717, 1.165) is 16.7 Å². The molecule has 1 aromatic heterocycles. The highest BCUT2D eigenvalue weighted by molar-refractivity contribution is 5.97. The monoisotopic (exact) mass is 350 g/mol. The summed E-state index contributed by atoms with van der Waals surface area (Å²) in [6.07, 6.45) is 4.78. The highest BCUT2D eigenvalue weighted by Crippen LogP contribution is 2.28. The Morgan fingerprint density at radius 2 is 2.12 bits per heavy atom. The van der Waals surface area contributed by atoms with E-state index in [9.17, 15) is 15.2 Å². The summed E-state index contributed by atoms with van der Waals surface area (Å²) in [4.78, 5) is 12.6. The van der Waals surface area contributed by atoms with Crippen LogP contribution >= 0.6 is 0 Å². The number of aryl methyl sites for hydroxylation is 1. The standard InChI is InChI=1S/C20H22N4O2/c1-6-15-7-8-16(9-13(15)4)18-17(10-21)19(24(23-18)12(2)3)20(26)22-11-14(5)25/h1,7-9,12,14,25H,11H2,2-5H3,(H,22,26)/t14-/m1/s1. The fourth-order valence-electron chi connectivity index (χ4n) is 2.63. The number of aliphatic hydroxyl groups is 1. The van der Waals surface area contributed by atoms with Gasteiger partial charge in [0.15, 0.2) is 0 Å². The number of amides is 1. The number of carbonyl (C=O) groups is 1. The van der Waals surface area contributed by atoms with Gasteiger partial charge in [0.1, 0.15) is 23.0 Å². The molecule has 0 aliphatic carbocycles. The van der Waals surface area contributed by atoms with Gasteiger partial charge in [0.05, 0.1) is 6.10 Å². The summed E-state index contributed by atoms with van der Waals surface area (Å²) in [6, 6.07) is 7.45. The maximum absolute atomic E-state index is 12.6. The number of rotatable bonds is 5. The number of terminal acetylenes is 1.